The number of hydrogen-bond acceptors (Lipinski definition) is 7. The average molecular weight is 552 g/mol. The molecule has 2 N–H and O–H groups in total. The Morgan fingerprint density at radius 2 is 1.78 bits per heavy atom. The molecule has 0 radical (unpaired) electrons. The first kappa shape index (κ1) is 26.0. The second-order valence-electron chi connectivity index (χ2n) is 9.05. The van der Waals surface area contributed by atoms with Crippen molar-refractivity contribution >= 4 is 54.4 Å². The fourth-order valence-electron chi connectivity index (χ4n) is 4.12. The highest BCUT2D eigenvalue weighted by Gasteiger charge is 2.29. The molecule has 1 saturated heterocycles. The number of carbonyl (C=O) groups excluding carboxylic acids is 1. The number of nitrogens with one attached hydrogen (secondary N) is 2. The minimum atomic E-state index is -3.50. The van der Waals surface area contributed by atoms with Crippen molar-refractivity contribution in [1.29, 1.82) is 0 Å². The Hall–Kier alpha value is -3.09. The summed E-state index contributed by atoms with van der Waals surface area (Å²) >= 11 is 6.07. The lowest BCUT2D eigenvalue weighted by Crippen LogP contribution is -2.49. The first-order chi connectivity index (χ1) is 16.8. The van der Waals surface area contributed by atoms with Crippen LogP contribution in [0.25, 0.3) is 11.4 Å². The zero-order valence-electron chi connectivity index (χ0n) is 19.9. The summed E-state index contributed by atoms with van der Waals surface area (Å²) in [5.74, 6) is -0.0709. The molecule has 192 valence electrons. The molecule has 0 atom stereocenters. The van der Waals surface area contributed by atoms with Crippen LogP contribution in [0.1, 0.15) is 10.4 Å². The molecular weight excluding hydrogens is 526 g/mol. The molecule has 1 aliphatic rings. The van der Waals surface area contributed by atoms with Crippen LogP contribution in [-0.2, 0) is 26.9 Å². The number of sulfone groups is 1. The summed E-state index contributed by atoms with van der Waals surface area (Å²) in [5.41, 5.74) is 3.29. The van der Waals surface area contributed by atoms with E-state index in [2.05, 4.69) is 19.9 Å². The summed E-state index contributed by atoms with van der Waals surface area (Å²) in [5, 5.41) is 3.00. The number of carbonyl (C=O) groups is 1. The molecule has 0 saturated carbocycles. The van der Waals surface area contributed by atoms with Gasteiger partial charge >= 0.3 is 0 Å². The van der Waals surface area contributed by atoms with Crippen LogP contribution in [0.5, 0.6) is 0 Å². The summed E-state index contributed by atoms with van der Waals surface area (Å²) in [7, 11) is -4.68. The van der Waals surface area contributed by atoms with Gasteiger partial charge in [0.2, 0.25) is 10.0 Å². The minimum Gasteiger partial charge on any atom is -0.370 e. The van der Waals surface area contributed by atoms with Crippen LogP contribution in [0.4, 0.5) is 17.1 Å². The van der Waals surface area contributed by atoms with E-state index in [1.165, 1.54) is 24.5 Å². The maximum Gasteiger partial charge on any atom is 0.257 e. The Balaban J connectivity index is 1.44. The van der Waals surface area contributed by atoms with Crippen LogP contribution in [-0.4, -0.2) is 63.6 Å². The minimum absolute atomic E-state index is 0.131. The number of hydrogen-bond donors (Lipinski definition) is 2. The number of aromatic nitrogens is 2. The number of aryl methyl sites for hydroxylation is 1. The van der Waals surface area contributed by atoms with Crippen LogP contribution in [0, 0.1) is 5.92 Å². The van der Waals surface area contributed by atoms with Crippen LogP contribution in [0.2, 0.25) is 5.02 Å². The summed E-state index contributed by atoms with van der Waals surface area (Å²) in [6.45, 7) is 1.35. The number of halogens is 1. The Morgan fingerprint density at radius 1 is 1.08 bits per heavy atom. The quantitative estimate of drug-likeness (QED) is 0.440. The third-order valence-electron chi connectivity index (χ3n) is 5.60. The second-order valence-corrected chi connectivity index (χ2v) is 13.4. The zero-order valence-corrected chi connectivity index (χ0v) is 22.3. The summed E-state index contributed by atoms with van der Waals surface area (Å²) < 4.78 is 50.0. The number of rotatable bonds is 8. The third-order valence-corrected chi connectivity index (χ3v) is 7.50. The predicted octanol–water partition coefficient (Wildman–Crippen LogP) is 2.85. The molecule has 36 heavy (non-hydrogen) atoms. The molecular formula is C23H26ClN5O5S2. The number of amides is 1. The molecule has 1 aliphatic heterocycles. The Labute approximate surface area is 215 Å². The maximum atomic E-state index is 12.9. The van der Waals surface area contributed by atoms with Gasteiger partial charge in [-0.1, -0.05) is 11.6 Å². The molecule has 0 aliphatic carbocycles. The van der Waals surface area contributed by atoms with Crippen LogP contribution in [0.3, 0.4) is 0 Å². The molecule has 3 heterocycles. The van der Waals surface area contributed by atoms with E-state index >= 15 is 0 Å². The normalized spacial score (nSPS) is 14.4. The first-order valence-corrected chi connectivity index (χ1v) is 15.2. The van der Waals surface area contributed by atoms with Crippen molar-refractivity contribution in [2.75, 3.05) is 46.3 Å². The molecule has 10 nitrogen and oxygen atoms in total. The standard InChI is InChI=1S/C23H26ClN5O5S2/c1-28-13-16(23(30)26-18-7-17(24)8-19(9-18)27-36(3,33)34)6-22(28)21-5-4-20(10-25-21)29-11-15(12-29)14-35(2,31)32/h4-10,13,15,27H,11-12,14H2,1-3H3,(H,26,30). The van der Waals surface area contributed by atoms with Crippen molar-refractivity contribution in [2.45, 2.75) is 0 Å². The van der Waals surface area contributed by atoms with Crippen molar-refractivity contribution < 1.29 is 21.6 Å². The van der Waals surface area contributed by atoms with Gasteiger partial charge in [0.1, 0.15) is 9.84 Å². The number of sulfonamides is 1. The maximum absolute atomic E-state index is 12.9. The monoisotopic (exact) mass is 551 g/mol. The Morgan fingerprint density at radius 3 is 2.39 bits per heavy atom. The highest BCUT2D eigenvalue weighted by molar-refractivity contribution is 7.92. The van der Waals surface area contributed by atoms with Gasteiger partial charge in [0, 0.05) is 49.2 Å². The van der Waals surface area contributed by atoms with Gasteiger partial charge in [-0.15, -0.1) is 0 Å². The molecule has 3 aromatic rings. The highest BCUT2D eigenvalue weighted by Crippen LogP contribution is 2.28. The lowest BCUT2D eigenvalue weighted by atomic mass is 10.0. The lowest BCUT2D eigenvalue weighted by molar-refractivity contribution is 0.102. The summed E-state index contributed by atoms with van der Waals surface area (Å²) in [6.07, 6.45) is 5.69. The topological polar surface area (TPSA) is 130 Å². The lowest BCUT2D eigenvalue weighted by Gasteiger charge is -2.40. The molecule has 13 heteroatoms. The predicted molar refractivity (Wildman–Crippen MR) is 142 cm³/mol. The third kappa shape index (κ3) is 6.56. The van der Waals surface area contributed by atoms with Gasteiger partial charge in [0.15, 0.2) is 0 Å². The number of nitrogens with zero attached hydrogens (tertiary/aromatic N) is 3. The van der Waals surface area contributed by atoms with E-state index < -0.39 is 25.8 Å². The van der Waals surface area contributed by atoms with Gasteiger partial charge in [-0.05, 0) is 36.4 Å². The van der Waals surface area contributed by atoms with Gasteiger partial charge in [0.05, 0.1) is 46.5 Å². The first-order valence-electron chi connectivity index (χ1n) is 10.9. The summed E-state index contributed by atoms with van der Waals surface area (Å²) in [4.78, 5) is 19.5. The fourth-order valence-corrected chi connectivity index (χ4v) is 5.97. The Bertz CT molecular complexity index is 1510. The SMILES string of the molecule is Cn1cc(C(=O)Nc2cc(Cl)cc(NS(C)(=O)=O)c2)cc1-c1ccc(N2CC(CS(C)(=O)=O)C2)cn1. The highest BCUT2D eigenvalue weighted by atomic mass is 35.5. The van der Waals surface area contributed by atoms with E-state index in [1.54, 1.807) is 30.1 Å². The molecule has 0 spiro atoms. The Kier molecular flexibility index (Phi) is 7.04. The number of benzene rings is 1. The molecule has 0 unspecified atom stereocenters. The van der Waals surface area contributed by atoms with Gasteiger partial charge in [-0.2, -0.15) is 0 Å². The van der Waals surface area contributed by atoms with E-state index in [1.807, 2.05) is 12.1 Å². The fraction of sp³-hybridized carbons (Fsp3) is 0.304. The molecule has 4 rings (SSSR count). The molecule has 1 aromatic carbocycles. The zero-order chi connectivity index (χ0) is 26.3. The van der Waals surface area contributed by atoms with E-state index in [0.717, 1.165) is 17.6 Å². The van der Waals surface area contributed by atoms with Crippen molar-refractivity contribution in [3.8, 4) is 11.4 Å². The van der Waals surface area contributed by atoms with Crippen molar-refractivity contribution in [3.63, 3.8) is 0 Å². The van der Waals surface area contributed by atoms with Gasteiger partial charge < -0.3 is 14.8 Å². The van der Waals surface area contributed by atoms with Gasteiger partial charge in [-0.3, -0.25) is 14.5 Å². The molecule has 1 fully saturated rings. The summed E-state index contributed by atoms with van der Waals surface area (Å²) in [6, 6.07) is 9.94. The smallest absolute Gasteiger partial charge is 0.257 e. The number of pyridine rings is 1. The number of anilines is 3. The van der Waals surface area contributed by atoms with Crippen molar-refractivity contribution in [3.05, 3.63) is 59.4 Å². The van der Waals surface area contributed by atoms with Gasteiger partial charge in [-0.25, -0.2) is 16.8 Å². The van der Waals surface area contributed by atoms with E-state index in [4.69, 9.17) is 11.6 Å². The molecule has 2 aromatic heterocycles. The van der Waals surface area contributed by atoms with E-state index in [0.29, 0.717) is 30.0 Å². The van der Waals surface area contributed by atoms with Crippen molar-refractivity contribution in [2.24, 2.45) is 13.0 Å². The van der Waals surface area contributed by atoms with E-state index in [-0.39, 0.29) is 22.4 Å². The van der Waals surface area contributed by atoms with Gasteiger partial charge in [0.25, 0.3) is 5.91 Å². The van der Waals surface area contributed by atoms with Crippen molar-refractivity contribution in [1.82, 2.24) is 9.55 Å². The molecule has 1 amide bonds. The second kappa shape index (κ2) is 9.75. The molecule has 0 bridgehead atoms. The largest absolute Gasteiger partial charge is 0.370 e. The average Bonchev–Trinajstić information content (AvgIpc) is 3.10. The van der Waals surface area contributed by atoms with Crippen LogP contribution >= 0.6 is 11.6 Å². The van der Waals surface area contributed by atoms with Crippen LogP contribution < -0.4 is 14.9 Å². The van der Waals surface area contributed by atoms with Crippen LogP contribution in [0.15, 0.2) is 48.8 Å². The van der Waals surface area contributed by atoms with E-state index in [9.17, 15) is 21.6 Å².